The van der Waals surface area contributed by atoms with Crippen molar-refractivity contribution in [3.8, 4) is 0 Å². The summed E-state index contributed by atoms with van der Waals surface area (Å²) in [6.45, 7) is 7.18. The second kappa shape index (κ2) is 4.14. The van der Waals surface area contributed by atoms with E-state index in [4.69, 9.17) is 4.52 Å². The third-order valence-electron chi connectivity index (χ3n) is 5.03. The van der Waals surface area contributed by atoms with Gasteiger partial charge in [-0.05, 0) is 51.1 Å². The van der Waals surface area contributed by atoms with E-state index in [0.29, 0.717) is 10.9 Å². The highest BCUT2D eigenvalue weighted by molar-refractivity contribution is 8.54. The van der Waals surface area contributed by atoms with Crippen molar-refractivity contribution in [3.05, 3.63) is 0 Å². The highest BCUT2D eigenvalue weighted by atomic mass is 32.7. The van der Waals surface area contributed by atoms with Gasteiger partial charge in [0.2, 0.25) is 0 Å². The largest absolute Gasteiger partial charge is 0.345 e. The van der Waals surface area contributed by atoms with E-state index in [9.17, 15) is 0 Å². The summed E-state index contributed by atoms with van der Waals surface area (Å²) in [4.78, 5) is 0. The van der Waals surface area contributed by atoms with Crippen molar-refractivity contribution in [2.24, 2.45) is 17.8 Å². The quantitative estimate of drug-likeness (QED) is 0.632. The van der Waals surface area contributed by atoms with Gasteiger partial charge < -0.3 is 4.52 Å². The molecule has 16 heavy (non-hydrogen) atoms. The molecule has 3 heteroatoms. The standard InChI is InChI=1S/C13H23OPS/c1-4-9-7-10-5-6-13(2)12(10)11(8-9)14-15(3)16-13/h9-12H,4-8H2,1-3H3. The maximum absolute atomic E-state index is 6.30. The molecule has 0 amide bonds. The molecule has 0 aromatic heterocycles. The molecule has 0 aromatic rings. The maximum atomic E-state index is 6.30. The summed E-state index contributed by atoms with van der Waals surface area (Å²) < 4.78 is 6.86. The molecule has 0 aromatic carbocycles. The number of hydrogen-bond acceptors (Lipinski definition) is 2. The van der Waals surface area contributed by atoms with E-state index in [2.05, 4.69) is 31.9 Å². The molecule has 1 saturated heterocycles. The molecule has 0 spiro atoms. The van der Waals surface area contributed by atoms with E-state index in [1.807, 2.05) is 0 Å². The van der Waals surface area contributed by atoms with Crippen molar-refractivity contribution < 1.29 is 4.52 Å². The lowest BCUT2D eigenvalue weighted by Gasteiger charge is -2.49. The van der Waals surface area contributed by atoms with Gasteiger partial charge in [-0.3, -0.25) is 0 Å². The zero-order valence-electron chi connectivity index (χ0n) is 10.6. The molecule has 1 aliphatic heterocycles. The third-order valence-corrected chi connectivity index (χ3v) is 9.02. The lowest BCUT2D eigenvalue weighted by molar-refractivity contribution is 0.0350. The van der Waals surface area contributed by atoms with Crippen LogP contribution in [0.2, 0.25) is 0 Å². The minimum absolute atomic E-state index is 0.210. The minimum Gasteiger partial charge on any atom is -0.345 e. The van der Waals surface area contributed by atoms with Crippen LogP contribution in [-0.2, 0) is 4.52 Å². The highest BCUT2D eigenvalue weighted by Gasteiger charge is 2.56. The van der Waals surface area contributed by atoms with Crippen molar-refractivity contribution in [3.63, 3.8) is 0 Å². The lowest BCUT2D eigenvalue weighted by atomic mass is 9.71. The van der Waals surface area contributed by atoms with Crippen LogP contribution in [0.4, 0.5) is 0 Å². The van der Waals surface area contributed by atoms with Gasteiger partial charge in [0.05, 0.1) is 13.5 Å². The zero-order chi connectivity index (χ0) is 11.3. The molecule has 92 valence electrons. The summed E-state index contributed by atoms with van der Waals surface area (Å²) in [5.41, 5.74) is 0. The minimum atomic E-state index is -0.210. The van der Waals surface area contributed by atoms with Crippen molar-refractivity contribution in [2.45, 2.75) is 56.8 Å². The first-order valence-electron chi connectivity index (χ1n) is 6.72. The summed E-state index contributed by atoms with van der Waals surface area (Å²) in [5, 5.41) is 0. The summed E-state index contributed by atoms with van der Waals surface area (Å²) in [6.07, 6.45) is 7.70. The molecule has 6 unspecified atom stereocenters. The van der Waals surface area contributed by atoms with Gasteiger partial charge in [0, 0.05) is 10.7 Å². The van der Waals surface area contributed by atoms with Crippen LogP contribution in [0.15, 0.2) is 0 Å². The predicted octanol–water partition coefficient (Wildman–Crippen LogP) is 4.67. The molecule has 3 fully saturated rings. The summed E-state index contributed by atoms with van der Waals surface area (Å²) in [6, 6.07) is 0. The third kappa shape index (κ3) is 1.76. The molecule has 3 aliphatic rings. The fourth-order valence-electron chi connectivity index (χ4n) is 4.33. The Labute approximate surface area is 105 Å². The van der Waals surface area contributed by atoms with Gasteiger partial charge in [-0.1, -0.05) is 24.7 Å². The average Bonchev–Trinajstić information content (AvgIpc) is 2.56. The van der Waals surface area contributed by atoms with Gasteiger partial charge in [-0.2, -0.15) is 0 Å². The van der Waals surface area contributed by atoms with E-state index in [1.165, 1.54) is 32.1 Å². The van der Waals surface area contributed by atoms with Crippen LogP contribution in [0.1, 0.15) is 46.0 Å². The molecule has 0 radical (unpaired) electrons. The molecular weight excluding hydrogens is 235 g/mol. The fraction of sp³-hybridized carbons (Fsp3) is 1.00. The van der Waals surface area contributed by atoms with Crippen molar-refractivity contribution in [2.75, 3.05) is 6.66 Å². The lowest BCUT2D eigenvalue weighted by Crippen LogP contribution is -2.45. The first-order valence-corrected chi connectivity index (χ1v) is 9.85. The Kier molecular flexibility index (Phi) is 3.06. The highest BCUT2D eigenvalue weighted by Crippen LogP contribution is 2.70. The Hall–Kier alpha value is 0.740. The fourth-order valence-corrected chi connectivity index (χ4v) is 9.10. The van der Waals surface area contributed by atoms with Gasteiger partial charge >= 0.3 is 0 Å². The van der Waals surface area contributed by atoms with Crippen LogP contribution in [0.3, 0.4) is 0 Å². The summed E-state index contributed by atoms with van der Waals surface area (Å²) in [7, 11) is -0.210. The SMILES string of the molecule is CCC1CC2CCC3(C)SP(C)OC(C1)C23. The first kappa shape index (κ1) is 11.8. The molecule has 2 aliphatic carbocycles. The monoisotopic (exact) mass is 258 g/mol. The van der Waals surface area contributed by atoms with Crippen molar-refractivity contribution in [1.29, 1.82) is 0 Å². The van der Waals surface area contributed by atoms with Crippen molar-refractivity contribution in [1.82, 2.24) is 0 Å². The van der Waals surface area contributed by atoms with Crippen LogP contribution in [0.25, 0.3) is 0 Å². The van der Waals surface area contributed by atoms with Gasteiger partial charge in [0.25, 0.3) is 0 Å². The van der Waals surface area contributed by atoms with Gasteiger partial charge in [0.1, 0.15) is 0 Å². The van der Waals surface area contributed by atoms with E-state index in [0.717, 1.165) is 17.8 Å². The maximum Gasteiger partial charge on any atom is 0.0865 e. The molecule has 0 N–H and O–H groups in total. The van der Waals surface area contributed by atoms with Gasteiger partial charge in [0.15, 0.2) is 0 Å². The average molecular weight is 258 g/mol. The van der Waals surface area contributed by atoms with E-state index < -0.39 is 0 Å². The molecule has 0 bridgehead atoms. The second-order valence-electron chi connectivity index (χ2n) is 6.06. The second-order valence-corrected chi connectivity index (χ2v) is 10.4. The predicted molar refractivity (Wildman–Crippen MR) is 72.9 cm³/mol. The number of rotatable bonds is 1. The number of hydrogen-bond donors (Lipinski definition) is 0. The smallest absolute Gasteiger partial charge is 0.0865 e. The summed E-state index contributed by atoms with van der Waals surface area (Å²) in [5.74, 6) is 2.80. The van der Waals surface area contributed by atoms with Crippen LogP contribution in [0, 0.1) is 17.8 Å². The molecule has 1 heterocycles. The van der Waals surface area contributed by atoms with Crippen LogP contribution in [-0.4, -0.2) is 17.5 Å². The molecule has 1 nitrogen and oxygen atoms in total. The molecule has 3 rings (SSSR count). The van der Waals surface area contributed by atoms with Gasteiger partial charge in [-0.15, -0.1) is 0 Å². The Morgan fingerprint density at radius 3 is 3.00 bits per heavy atom. The normalized spacial score (nSPS) is 56.1. The Balaban J connectivity index is 1.86. The van der Waals surface area contributed by atoms with Crippen LogP contribution >= 0.6 is 18.7 Å². The first-order chi connectivity index (χ1) is 7.62. The van der Waals surface area contributed by atoms with E-state index in [1.54, 1.807) is 0 Å². The van der Waals surface area contributed by atoms with Crippen LogP contribution in [0.5, 0.6) is 0 Å². The van der Waals surface area contributed by atoms with Crippen molar-refractivity contribution >= 4 is 18.7 Å². The van der Waals surface area contributed by atoms with Crippen LogP contribution < -0.4 is 0 Å². The van der Waals surface area contributed by atoms with E-state index >= 15 is 0 Å². The zero-order valence-corrected chi connectivity index (χ0v) is 12.3. The summed E-state index contributed by atoms with van der Waals surface area (Å²) >= 11 is 2.17. The Morgan fingerprint density at radius 1 is 1.44 bits per heavy atom. The van der Waals surface area contributed by atoms with E-state index in [-0.39, 0.29) is 7.35 Å². The van der Waals surface area contributed by atoms with Gasteiger partial charge in [-0.25, -0.2) is 0 Å². The topological polar surface area (TPSA) is 9.23 Å². The molecular formula is C13H23OPS. The Bertz CT molecular complexity index is 285. The Morgan fingerprint density at radius 2 is 2.25 bits per heavy atom. The molecule has 6 atom stereocenters. The molecule has 2 saturated carbocycles.